The second-order valence-corrected chi connectivity index (χ2v) is 5.23. The average molecular weight is 262 g/mol. The molecule has 5 nitrogen and oxygen atoms in total. The van der Waals surface area contributed by atoms with Crippen LogP contribution in [0.15, 0.2) is 18.3 Å². The SMILES string of the molecule is CC1CCC(C)N(C(=O)c2ccc(C(=O)O)nc2)C1. The lowest BCUT2D eigenvalue weighted by Crippen LogP contribution is -2.44. The van der Waals surface area contributed by atoms with E-state index in [0.717, 1.165) is 19.4 Å². The Bertz CT molecular complexity index is 484. The fourth-order valence-corrected chi connectivity index (χ4v) is 2.38. The van der Waals surface area contributed by atoms with Crippen molar-refractivity contribution in [3.63, 3.8) is 0 Å². The fourth-order valence-electron chi connectivity index (χ4n) is 2.38. The molecule has 5 heteroatoms. The Kier molecular flexibility index (Phi) is 3.83. The van der Waals surface area contributed by atoms with Crippen molar-refractivity contribution >= 4 is 11.9 Å². The summed E-state index contributed by atoms with van der Waals surface area (Å²) in [5, 5.41) is 8.78. The van der Waals surface area contributed by atoms with E-state index in [9.17, 15) is 9.59 Å². The lowest BCUT2D eigenvalue weighted by Gasteiger charge is -2.36. The average Bonchev–Trinajstić information content (AvgIpc) is 2.41. The summed E-state index contributed by atoms with van der Waals surface area (Å²) < 4.78 is 0. The molecular formula is C14H18N2O3. The molecule has 0 bridgehead atoms. The lowest BCUT2D eigenvalue weighted by atomic mass is 9.94. The van der Waals surface area contributed by atoms with Crippen LogP contribution in [0.25, 0.3) is 0 Å². The van der Waals surface area contributed by atoms with Gasteiger partial charge in [0.25, 0.3) is 5.91 Å². The third-order valence-electron chi connectivity index (χ3n) is 3.61. The first kappa shape index (κ1) is 13.5. The van der Waals surface area contributed by atoms with E-state index in [2.05, 4.69) is 11.9 Å². The molecule has 0 aliphatic carbocycles. The number of carbonyl (C=O) groups excluding carboxylic acids is 1. The van der Waals surface area contributed by atoms with Gasteiger partial charge in [-0.1, -0.05) is 6.92 Å². The maximum Gasteiger partial charge on any atom is 0.354 e. The van der Waals surface area contributed by atoms with Crippen LogP contribution in [0, 0.1) is 5.92 Å². The Hall–Kier alpha value is -1.91. The fraction of sp³-hybridized carbons (Fsp3) is 0.500. The van der Waals surface area contributed by atoms with Gasteiger partial charge in [0.05, 0.1) is 5.56 Å². The van der Waals surface area contributed by atoms with Crippen LogP contribution in [0.2, 0.25) is 0 Å². The van der Waals surface area contributed by atoms with Gasteiger partial charge < -0.3 is 10.0 Å². The molecular weight excluding hydrogens is 244 g/mol. The number of hydrogen-bond acceptors (Lipinski definition) is 3. The van der Waals surface area contributed by atoms with Gasteiger partial charge in [-0.05, 0) is 37.8 Å². The number of nitrogens with zero attached hydrogens (tertiary/aromatic N) is 2. The van der Waals surface area contributed by atoms with Gasteiger partial charge in [-0.15, -0.1) is 0 Å². The summed E-state index contributed by atoms with van der Waals surface area (Å²) in [4.78, 5) is 28.7. The summed E-state index contributed by atoms with van der Waals surface area (Å²) in [5.41, 5.74) is 0.405. The van der Waals surface area contributed by atoms with Crippen LogP contribution in [-0.2, 0) is 0 Å². The molecule has 19 heavy (non-hydrogen) atoms. The van der Waals surface area contributed by atoms with Crippen molar-refractivity contribution in [1.82, 2.24) is 9.88 Å². The zero-order valence-electron chi connectivity index (χ0n) is 11.2. The molecule has 1 fully saturated rings. The van der Waals surface area contributed by atoms with E-state index in [4.69, 9.17) is 5.11 Å². The number of piperidine rings is 1. The minimum atomic E-state index is -1.08. The highest BCUT2D eigenvalue weighted by Gasteiger charge is 2.27. The maximum absolute atomic E-state index is 12.4. The van der Waals surface area contributed by atoms with Crippen LogP contribution in [0.5, 0.6) is 0 Å². The van der Waals surface area contributed by atoms with Gasteiger partial charge >= 0.3 is 5.97 Å². The molecule has 2 atom stereocenters. The molecule has 1 N–H and O–H groups in total. The normalized spacial score (nSPS) is 23.2. The molecule has 1 aromatic heterocycles. The Morgan fingerprint density at radius 3 is 2.63 bits per heavy atom. The molecule has 1 saturated heterocycles. The number of carboxylic acids is 1. The van der Waals surface area contributed by atoms with Crippen LogP contribution >= 0.6 is 0 Å². The number of hydrogen-bond donors (Lipinski definition) is 1. The Labute approximate surface area is 112 Å². The quantitative estimate of drug-likeness (QED) is 0.885. The molecule has 2 rings (SSSR count). The summed E-state index contributed by atoms with van der Waals surface area (Å²) in [6.07, 6.45) is 3.49. The zero-order chi connectivity index (χ0) is 14.0. The topological polar surface area (TPSA) is 70.5 Å². The zero-order valence-corrected chi connectivity index (χ0v) is 11.2. The summed E-state index contributed by atoms with van der Waals surface area (Å²) in [5.74, 6) is -0.645. The molecule has 0 radical (unpaired) electrons. The molecule has 0 spiro atoms. The standard InChI is InChI=1S/C14H18N2O3/c1-9-3-4-10(2)16(8-9)13(17)11-5-6-12(14(18)19)15-7-11/h5-7,9-10H,3-4,8H2,1-2H3,(H,18,19). The molecule has 102 valence electrons. The van der Waals surface area contributed by atoms with Gasteiger partial charge in [0.1, 0.15) is 5.69 Å². The first-order valence-electron chi connectivity index (χ1n) is 6.49. The second-order valence-electron chi connectivity index (χ2n) is 5.23. The minimum absolute atomic E-state index is 0.0448. The predicted octanol–water partition coefficient (Wildman–Crippen LogP) is 2.04. The van der Waals surface area contributed by atoms with E-state index in [1.54, 1.807) is 0 Å². The van der Waals surface area contributed by atoms with Gasteiger partial charge in [-0.25, -0.2) is 9.78 Å². The van der Waals surface area contributed by atoms with Crippen molar-refractivity contribution < 1.29 is 14.7 Å². The number of pyridine rings is 1. The smallest absolute Gasteiger partial charge is 0.354 e. The number of likely N-dealkylation sites (tertiary alicyclic amines) is 1. The highest BCUT2D eigenvalue weighted by Crippen LogP contribution is 2.23. The van der Waals surface area contributed by atoms with Gasteiger partial charge in [0, 0.05) is 18.8 Å². The summed E-state index contributed by atoms with van der Waals surface area (Å²) in [6, 6.07) is 3.13. The second kappa shape index (κ2) is 5.38. The Morgan fingerprint density at radius 2 is 2.05 bits per heavy atom. The van der Waals surface area contributed by atoms with Crippen LogP contribution in [0.1, 0.15) is 47.5 Å². The molecule has 1 aromatic rings. The molecule has 1 aliphatic rings. The van der Waals surface area contributed by atoms with Gasteiger partial charge in [-0.3, -0.25) is 4.79 Å². The van der Waals surface area contributed by atoms with Crippen molar-refractivity contribution in [2.45, 2.75) is 32.7 Å². The summed E-state index contributed by atoms with van der Waals surface area (Å²) >= 11 is 0. The van der Waals surface area contributed by atoms with Crippen LogP contribution in [0.4, 0.5) is 0 Å². The Morgan fingerprint density at radius 1 is 1.32 bits per heavy atom. The van der Waals surface area contributed by atoms with Crippen molar-refractivity contribution in [3.8, 4) is 0 Å². The monoisotopic (exact) mass is 262 g/mol. The molecule has 2 unspecified atom stereocenters. The van der Waals surface area contributed by atoms with Crippen molar-refractivity contribution in [2.24, 2.45) is 5.92 Å². The lowest BCUT2D eigenvalue weighted by molar-refractivity contribution is 0.0572. The maximum atomic E-state index is 12.4. The minimum Gasteiger partial charge on any atom is -0.477 e. The third-order valence-corrected chi connectivity index (χ3v) is 3.61. The highest BCUT2D eigenvalue weighted by atomic mass is 16.4. The van der Waals surface area contributed by atoms with E-state index in [1.165, 1.54) is 18.3 Å². The molecule has 1 aliphatic heterocycles. The van der Waals surface area contributed by atoms with E-state index in [1.807, 2.05) is 11.8 Å². The predicted molar refractivity (Wildman–Crippen MR) is 70.1 cm³/mol. The van der Waals surface area contributed by atoms with Crippen molar-refractivity contribution in [2.75, 3.05) is 6.54 Å². The van der Waals surface area contributed by atoms with Crippen molar-refractivity contribution in [1.29, 1.82) is 0 Å². The van der Waals surface area contributed by atoms with Gasteiger partial charge in [0.15, 0.2) is 0 Å². The first-order valence-corrected chi connectivity index (χ1v) is 6.49. The number of rotatable bonds is 2. The Balaban J connectivity index is 2.16. The van der Waals surface area contributed by atoms with Crippen molar-refractivity contribution in [3.05, 3.63) is 29.6 Å². The van der Waals surface area contributed by atoms with Crippen LogP contribution in [-0.4, -0.2) is 39.5 Å². The molecule has 1 amide bonds. The first-order chi connectivity index (χ1) is 8.99. The van der Waals surface area contributed by atoms with E-state index in [-0.39, 0.29) is 17.6 Å². The number of aromatic carboxylic acids is 1. The highest BCUT2D eigenvalue weighted by molar-refractivity contribution is 5.95. The summed E-state index contributed by atoms with van der Waals surface area (Å²) in [6.45, 7) is 4.93. The van der Waals surface area contributed by atoms with E-state index >= 15 is 0 Å². The van der Waals surface area contributed by atoms with Crippen LogP contribution in [0.3, 0.4) is 0 Å². The number of carboxylic acid groups (broad SMARTS) is 1. The van der Waals surface area contributed by atoms with Gasteiger partial charge in [-0.2, -0.15) is 0 Å². The summed E-state index contributed by atoms with van der Waals surface area (Å²) in [7, 11) is 0. The number of amides is 1. The van der Waals surface area contributed by atoms with E-state index < -0.39 is 5.97 Å². The van der Waals surface area contributed by atoms with E-state index in [0.29, 0.717) is 11.5 Å². The number of aromatic nitrogens is 1. The van der Waals surface area contributed by atoms with Gasteiger partial charge in [0.2, 0.25) is 0 Å². The number of carbonyl (C=O) groups is 2. The molecule has 2 heterocycles. The molecule has 0 aromatic carbocycles. The third kappa shape index (κ3) is 2.92. The molecule has 0 saturated carbocycles. The largest absolute Gasteiger partial charge is 0.477 e. The van der Waals surface area contributed by atoms with Crippen LogP contribution < -0.4 is 0 Å².